The Balaban J connectivity index is 2.13. The van der Waals surface area contributed by atoms with Crippen molar-refractivity contribution < 1.29 is 22.8 Å². The molecule has 148 valence electrons. The number of ether oxygens (including phenoxy) is 1. The molecule has 0 amide bonds. The van der Waals surface area contributed by atoms with E-state index in [1.807, 2.05) is 0 Å². The summed E-state index contributed by atoms with van der Waals surface area (Å²) in [6.45, 7) is 6.45. The van der Waals surface area contributed by atoms with Gasteiger partial charge in [0, 0.05) is 29.9 Å². The zero-order chi connectivity index (χ0) is 20.4. The Morgan fingerprint density at radius 1 is 1.22 bits per heavy atom. The van der Waals surface area contributed by atoms with Crippen LogP contribution in [0.1, 0.15) is 33.3 Å². The first-order chi connectivity index (χ1) is 12.4. The maximum atomic E-state index is 13.9. The highest BCUT2D eigenvalue weighted by molar-refractivity contribution is 7.94. The summed E-state index contributed by atoms with van der Waals surface area (Å²) in [6, 6.07) is 3.47. The summed E-state index contributed by atoms with van der Waals surface area (Å²) >= 11 is 6.78. The van der Waals surface area contributed by atoms with Crippen LogP contribution in [0, 0.1) is 11.6 Å². The zero-order valence-corrected chi connectivity index (χ0v) is 16.9. The Morgan fingerprint density at radius 2 is 1.85 bits per heavy atom. The van der Waals surface area contributed by atoms with Gasteiger partial charge in [0.1, 0.15) is 23.8 Å². The van der Waals surface area contributed by atoms with E-state index in [0.717, 1.165) is 24.2 Å². The van der Waals surface area contributed by atoms with Crippen molar-refractivity contribution in [2.75, 3.05) is 5.73 Å². The molecule has 0 spiro atoms. The Morgan fingerprint density at radius 3 is 2.48 bits per heavy atom. The number of halogens is 3. The highest BCUT2D eigenvalue weighted by Gasteiger charge is 2.37. The van der Waals surface area contributed by atoms with Crippen molar-refractivity contribution >= 4 is 29.5 Å². The molecular weight excluding hydrogens is 398 g/mol. The molecule has 0 saturated heterocycles. The fourth-order valence-electron chi connectivity index (χ4n) is 1.70. The molecule has 2 rings (SSSR count). The Labute approximate surface area is 166 Å². The number of hydrogen-bond acceptors (Lipinski definition) is 6. The molecule has 2 aromatic rings. The molecule has 9 heteroatoms. The third-order valence-electron chi connectivity index (χ3n) is 4.19. The van der Waals surface area contributed by atoms with Gasteiger partial charge in [-0.25, -0.2) is 13.8 Å². The maximum absolute atomic E-state index is 13.9. The number of hydrogen-bond donors (Lipinski definition) is 2. The van der Waals surface area contributed by atoms with Crippen molar-refractivity contribution in [1.29, 1.82) is 0 Å². The number of pyridine rings is 1. The van der Waals surface area contributed by atoms with Crippen molar-refractivity contribution in [1.82, 2.24) is 4.98 Å². The lowest BCUT2D eigenvalue weighted by Crippen LogP contribution is -2.45. The molecule has 1 aromatic carbocycles. The lowest BCUT2D eigenvalue weighted by molar-refractivity contribution is -0.0813. The lowest BCUT2D eigenvalue weighted by atomic mass is 9.90. The topological polar surface area (TPSA) is 77.6 Å². The molecule has 0 bridgehead atoms. The molecule has 0 fully saturated rings. The van der Waals surface area contributed by atoms with E-state index in [4.69, 9.17) is 26.3 Å². The maximum Gasteiger partial charge on any atom is 0.166 e. The number of rotatable bonds is 7. The van der Waals surface area contributed by atoms with Gasteiger partial charge in [-0.3, -0.25) is 0 Å². The molecule has 5 nitrogen and oxygen atoms in total. The smallest absolute Gasteiger partial charge is 0.166 e. The second-order valence-electron chi connectivity index (χ2n) is 6.90. The molecule has 0 saturated carbocycles. The van der Waals surface area contributed by atoms with Gasteiger partial charge in [0.25, 0.3) is 0 Å². The van der Waals surface area contributed by atoms with Crippen LogP contribution in [0.2, 0.25) is 5.02 Å². The Kier molecular flexibility index (Phi) is 6.57. The van der Waals surface area contributed by atoms with Gasteiger partial charge >= 0.3 is 0 Å². The molecule has 0 aliphatic rings. The van der Waals surface area contributed by atoms with Gasteiger partial charge in [0.2, 0.25) is 0 Å². The molecular formula is C18H21ClF2N2O3S. The summed E-state index contributed by atoms with van der Waals surface area (Å²) in [7, 11) is 0. The number of aliphatic hydroxyl groups is 1. The normalized spacial score (nSPS) is 12.3. The van der Waals surface area contributed by atoms with E-state index in [-0.39, 0.29) is 28.8 Å². The van der Waals surface area contributed by atoms with Crippen LogP contribution < -0.4 is 10.5 Å². The van der Waals surface area contributed by atoms with Crippen molar-refractivity contribution in [3.05, 3.63) is 46.6 Å². The molecule has 0 radical (unpaired) electrons. The van der Waals surface area contributed by atoms with Crippen LogP contribution in [0.15, 0.2) is 29.3 Å². The first-order valence-electron chi connectivity index (χ1n) is 8.01. The number of anilines is 1. The molecule has 27 heavy (non-hydrogen) atoms. The van der Waals surface area contributed by atoms with Crippen molar-refractivity contribution in [2.24, 2.45) is 0 Å². The van der Waals surface area contributed by atoms with Crippen LogP contribution in [-0.4, -0.2) is 21.3 Å². The van der Waals surface area contributed by atoms with E-state index < -0.39 is 22.8 Å². The van der Waals surface area contributed by atoms with Gasteiger partial charge < -0.3 is 19.8 Å². The minimum atomic E-state index is -1.08. The summed E-state index contributed by atoms with van der Waals surface area (Å²) in [5.41, 5.74) is 3.74. The van der Waals surface area contributed by atoms with Crippen LogP contribution in [0.5, 0.6) is 5.75 Å². The quantitative estimate of drug-likeness (QED) is 0.499. The number of aromatic nitrogens is 1. The fraction of sp³-hybridized carbons (Fsp3) is 0.389. The predicted molar refractivity (Wildman–Crippen MR) is 102 cm³/mol. The van der Waals surface area contributed by atoms with Crippen LogP contribution in [0.4, 0.5) is 14.6 Å². The van der Waals surface area contributed by atoms with Crippen LogP contribution >= 0.6 is 23.6 Å². The number of nitrogen functional groups attached to an aromatic ring is 1. The molecule has 0 atom stereocenters. The average Bonchev–Trinajstić information content (AvgIpc) is 2.57. The lowest BCUT2D eigenvalue weighted by Gasteiger charge is -2.35. The largest absolute Gasteiger partial charge is 0.485 e. The number of nitrogens with zero attached hydrogens (tertiary/aromatic N) is 1. The Bertz CT molecular complexity index is 829. The Hall–Kier alpha value is -1.61. The summed E-state index contributed by atoms with van der Waals surface area (Å²) in [5, 5.41) is 9.78. The van der Waals surface area contributed by atoms with Gasteiger partial charge in [-0.15, -0.1) is 0 Å². The van der Waals surface area contributed by atoms with Crippen LogP contribution in [-0.2, 0) is 10.8 Å². The second-order valence-corrected chi connectivity index (χ2v) is 8.08. The van der Waals surface area contributed by atoms with Gasteiger partial charge in [0.05, 0.1) is 15.5 Å². The standard InChI is InChI=1S/C18H21ClF2N2O3S/c1-17(2,24)18(3,4)26-27-10-7-14(16(22)23-8-10)25-9-11-12(20)5-6-13(21)15(11)19/h5-8,24H,9H2,1-4H3,(H2,22,23). The van der Waals surface area contributed by atoms with Gasteiger partial charge in [-0.1, -0.05) is 11.6 Å². The van der Waals surface area contributed by atoms with Gasteiger partial charge in [-0.2, -0.15) is 0 Å². The van der Waals surface area contributed by atoms with E-state index >= 15 is 0 Å². The van der Waals surface area contributed by atoms with Gasteiger partial charge in [0.15, 0.2) is 11.6 Å². The van der Waals surface area contributed by atoms with Crippen molar-refractivity contribution in [3.8, 4) is 5.75 Å². The molecule has 0 aliphatic heterocycles. The first kappa shape index (κ1) is 21.7. The zero-order valence-electron chi connectivity index (χ0n) is 15.3. The summed E-state index contributed by atoms with van der Waals surface area (Å²) in [4.78, 5) is 4.56. The molecule has 0 unspecified atom stereocenters. The van der Waals surface area contributed by atoms with E-state index in [1.165, 1.54) is 6.20 Å². The van der Waals surface area contributed by atoms with E-state index in [1.54, 1.807) is 33.8 Å². The third-order valence-corrected chi connectivity index (χ3v) is 5.51. The van der Waals surface area contributed by atoms with Crippen molar-refractivity contribution in [2.45, 2.75) is 50.4 Å². The summed E-state index contributed by atoms with van der Waals surface area (Å²) in [6.07, 6.45) is 1.48. The summed E-state index contributed by atoms with van der Waals surface area (Å²) < 4.78 is 38.5. The van der Waals surface area contributed by atoms with E-state index in [0.29, 0.717) is 4.90 Å². The number of benzene rings is 1. The third kappa shape index (κ3) is 5.22. The van der Waals surface area contributed by atoms with Crippen LogP contribution in [0.3, 0.4) is 0 Å². The minimum absolute atomic E-state index is 0.0778. The van der Waals surface area contributed by atoms with E-state index in [9.17, 15) is 13.9 Å². The SMILES string of the molecule is CC(C)(O)C(C)(C)OSc1cnc(N)c(OCc2c(F)ccc(F)c2Cl)c1. The number of nitrogens with two attached hydrogens (primary N) is 1. The second kappa shape index (κ2) is 8.18. The molecule has 3 N–H and O–H groups in total. The predicted octanol–water partition coefficient (Wildman–Crippen LogP) is 4.75. The van der Waals surface area contributed by atoms with Crippen molar-refractivity contribution in [3.63, 3.8) is 0 Å². The minimum Gasteiger partial charge on any atom is -0.485 e. The highest BCUT2D eigenvalue weighted by Crippen LogP contribution is 2.35. The molecule has 0 aliphatic carbocycles. The molecule has 1 heterocycles. The molecule has 1 aromatic heterocycles. The first-order valence-corrected chi connectivity index (χ1v) is 9.13. The monoisotopic (exact) mass is 418 g/mol. The average molecular weight is 419 g/mol. The summed E-state index contributed by atoms with van der Waals surface area (Å²) in [5.74, 6) is -1.18. The van der Waals surface area contributed by atoms with E-state index in [2.05, 4.69) is 4.98 Å². The fourth-order valence-corrected chi connectivity index (χ4v) is 2.67. The highest BCUT2D eigenvalue weighted by atomic mass is 35.5. The van der Waals surface area contributed by atoms with Crippen LogP contribution in [0.25, 0.3) is 0 Å². The van der Waals surface area contributed by atoms with Gasteiger partial charge in [-0.05, 0) is 39.8 Å².